The van der Waals surface area contributed by atoms with Crippen molar-refractivity contribution < 1.29 is 24.9 Å². The van der Waals surface area contributed by atoms with Crippen molar-refractivity contribution in [3.63, 3.8) is 0 Å². The SMILES string of the molecule is CC(C)[C@@H](C(=O)Nc1ccc(I)cc1Cl)n1c(O)c(-c2ccc(OC[C@H](O)CO)cc2)[nH]c1=O. The van der Waals surface area contributed by atoms with Crippen molar-refractivity contribution in [1.82, 2.24) is 9.55 Å². The Morgan fingerprint density at radius 2 is 1.91 bits per heavy atom. The fourth-order valence-electron chi connectivity index (χ4n) is 3.38. The number of aliphatic hydroxyl groups excluding tert-OH is 2. The Balaban J connectivity index is 1.88. The third-order valence-corrected chi connectivity index (χ3v) is 6.05. The van der Waals surface area contributed by atoms with Gasteiger partial charge >= 0.3 is 5.69 Å². The highest BCUT2D eigenvalue weighted by Crippen LogP contribution is 2.33. The number of nitrogens with one attached hydrogen (secondary N) is 2. The zero-order valence-electron chi connectivity index (χ0n) is 18.5. The van der Waals surface area contributed by atoms with E-state index in [2.05, 4.69) is 32.9 Å². The zero-order valence-corrected chi connectivity index (χ0v) is 21.4. The van der Waals surface area contributed by atoms with E-state index in [-0.39, 0.29) is 24.1 Å². The van der Waals surface area contributed by atoms with Crippen molar-refractivity contribution in [1.29, 1.82) is 0 Å². The number of imidazole rings is 1. The lowest BCUT2D eigenvalue weighted by Crippen LogP contribution is -2.35. The number of aromatic amines is 1. The molecular formula is C23H25ClIN3O6. The van der Waals surface area contributed by atoms with Crippen LogP contribution in [0, 0.1) is 9.49 Å². The number of aliphatic hydroxyl groups is 2. The average molecular weight is 602 g/mol. The van der Waals surface area contributed by atoms with Crippen LogP contribution in [0.25, 0.3) is 11.3 Å². The molecular weight excluding hydrogens is 577 g/mol. The maximum Gasteiger partial charge on any atom is 0.329 e. The van der Waals surface area contributed by atoms with E-state index in [1.807, 2.05) is 0 Å². The van der Waals surface area contributed by atoms with Crippen molar-refractivity contribution in [3.8, 4) is 22.9 Å². The van der Waals surface area contributed by atoms with Crippen molar-refractivity contribution in [2.45, 2.75) is 26.0 Å². The molecule has 0 aliphatic heterocycles. The van der Waals surface area contributed by atoms with E-state index < -0.39 is 30.3 Å². The number of aromatic hydroxyl groups is 1. The molecule has 0 aliphatic carbocycles. The second-order valence-corrected chi connectivity index (χ2v) is 9.63. The van der Waals surface area contributed by atoms with Crippen LogP contribution < -0.4 is 15.7 Å². The van der Waals surface area contributed by atoms with Gasteiger partial charge in [-0.2, -0.15) is 0 Å². The van der Waals surface area contributed by atoms with Gasteiger partial charge in [-0.1, -0.05) is 25.4 Å². The Labute approximate surface area is 214 Å². The van der Waals surface area contributed by atoms with E-state index in [9.17, 15) is 19.8 Å². The largest absolute Gasteiger partial charge is 0.493 e. The summed E-state index contributed by atoms with van der Waals surface area (Å²) in [4.78, 5) is 28.5. The van der Waals surface area contributed by atoms with Crippen LogP contribution in [0.5, 0.6) is 11.6 Å². The van der Waals surface area contributed by atoms with Gasteiger partial charge < -0.3 is 30.4 Å². The van der Waals surface area contributed by atoms with Crippen molar-refractivity contribution >= 4 is 45.8 Å². The molecule has 34 heavy (non-hydrogen) atoms. The molecule has 0 fully saturated rings. The Bertz CT molecular complexity index is 1210. The Morgan fingerprint density at radius 3 is 2.50 bits per heavy atom. The van der Waals surface area contributed by atoms with Crippen molar-refractivity contribution in [3.05, 3.63) is 61.5 Å². The molecule has 1 amide bonds. The van der Waals surface area contributed by atoms with E-state index in [0.29, 0.717) is 22.0 Å². The summed E-state index contributed by atoms with van der Waals surface area (Å²) < 4.78 is 7.30. The Kier molecular flexibility index (Phi) is 8.63. The number of halogens is 2. The highest BCUT2D eigenvalue weighted by molar-refractivity contribution is 14.1. The number of hydrogen-bond acceptors (Lipinski definition) is 6. The number of carbonyl (C=O) groups is 1. The summed E-state index contributed by atoms with van der Waals surface area (Å²) in [6.07, 6.45) is -0.998. The first-order chi connectivity index (χ1) is 16.1. The van der Waals surface area contributed by atoms with E-state index >= 15 is 0 Å². The van der Waals surface area contributed by atoms with Gasteiger partial charge in [0.2, 0.25) is 11.8 Å². The normalized spacial score (nSPS) is 13.0. The third-order valence-electron chi connectivity index (χ3n) is 5.07. The average Bonchev–Trinajstić information content (AvgIpc) is 3.08. The van der Waals surface area contributed by atoms with E-state index in [1.54, 1.807) is 56.3 Å². The van der Waals surface area contributed by atoms with E-state index in [4.69, 9.17) is 21.4 Å². The standard InChI is InChI=1S/C23H25ClIN3O6/c1-12(2)20(21(31)26-18-8-5-14(25)9-17(18)24)28-22(32)19(27-23(28)33)13-3-6-16(7-4-13)34-11-15(30)10-29/h3-9,12,15,20,29-30,32H,10-11H2,1-2H3,(H,26,31)(H,27,33)/t15-,20+/m1/s1. The molecule has 1 heterocycles. The number of benzene rings is 2. The second kappa shape index (κ2) is 11.3. The van der Waals surface area contributed by atoms with Crippen LogP contribution in [0.15, 0.2) is 47.3 Å². The molecule has 2 aromatic carbocycles. The fraction of sp³-hybridized carbons (Fsp3) is 0.304. The van der Waals surface area contributed by atoms with Crippen LogP contribution >= 0.6 is 34.2 Å². The molecule has 5 N–H and O–H groups in total. The first-order valence-corrected chi connectivity index (χ1v) is 11.9. The van der Waals surface area contributed by atoms with Gasteiger partial charge in [-0.05, 0) is 71.0 Å². The Hall–Kier alpha value is -2.54. The maximum absolute atomic E-state index is 13.1. The summed E-state index contributed by atoms with van der Waals surface area (Å²) in [5.41, 5.74) is 0.411. The number of H-pyrrole nitrogens is 1. The predicted molar refractivity (Wildman–Crippen MR) is 137 cm³/mol. The molecule has 2 atom stereocenters. The van der Waals surface area contributed by atoms with Crippen LogP contribution in [0.1, 0.15) is 19.9 Å². The van der Waals surface area contributed by atoms with Crippen LogP contribution in [-0.2, 0) is 4.79 Å². The van der Waals surface area contributed by atoms with Crippen LogP contribution in [0.2, 0.25) is 5.02 Å². The number of hydrogen-bond donors (Lipinski definition) is 5. The minimum atomic E-state index is -1.00. The molecule has 0 bridgehead atoms. The second-order valence-electron chi connectivity index (χ2n) is 7.97. The molecule has 11 heteroatoms. The number of anilines is 1. The smallest absolute Gasteiger partial charge is 0.329 e. The molecule has 0 saturated carbocycles. The minimum Gasteiger partial charge on any atom is -0.493 e. The molecule has 0 unspecified atom stereocenters. The van der Waals surface area contributed by atoms with Gasteiger partial charge in [-0.25, -0.2) is 9.36 Å². The summed E-state index contributed by atoms with van der Waals surface area (Å²) in [6, 6.07) is 10.6. The monoisotopic (exact) mass is 601 g/mol. The molecule has 0 aliphatic rings. The Morgan fingerprint density at radius 1 is 1.24 bits per heavy atom. The molecule has 9 nitrogen and oxygen atoms in total. The highest BCUT2D eigenvalue weighted by atomic mass is 127. The van der Waals surface area contributed by atoms with Gasteiger partial charge in [0.05, 0.1) is 17.3 Å². The molecule has 3 rings (SSSR count). The van der Waals surface area contributed by atoms with E-state index in [1.165, 1.54) is 0 Å². The van der Waals surface area contributed by atoms with Crippen molar-refractivity contribution in [2.75, 3.05) is 18.5 Å². The highest BCUT2D eigenvalue weighted by Gasteiger charge is 2.30. The van der Waals surface area contributed by atoms with Crippen LogP contribution in [0.3, 0.4) is 0 Å². The summed E-state index contributed by atoms with van der Waals surface area (Å²) in [6.45, 7) is 3.04. The lowest BCUT2D eigenvalue weighted by atomic mass is 10.0. The number of aromatic nitrogens is 2. The van der Waals surface area contributed by atoms with Crippen LogP contribution in [0.4, 0.5) is 5.69 Å². The summed E-state index contributed by atoms with van der Waals surface area (Å²) in [5.74, 6) is -0.765. The molecule has 0 saturated heterocycles. The van der Waals surface area contributed by atoms with Gasteiger partial charge in [-0.15, -0.1) is 0 Å². The summed E-state index contributed by atoms with van der Waals surface area (Å²) in [5, 5.41) is 32.3. The van der Waals surface area contributed by atoms with Crippen LogP contribution in [-0.4, -0.2) is 50.1 Å². The maximum atomic E-state index is 13.1. The minimum absolute atomic E-state index is 0.0793. The summed E-state index contributed by atoms with van der Waals surface area (Å²) >= 11 is 8.34. The molecule has 1 aromatic heterocycles. The predicted octanol–water partition coefficient (Wildman–Crippen LogP) is 3.37. The number of amides is 1. The molecule has 0 spiro atoms. The first-order valence-electron chi connectivity index (χ1n) is 10.4. The van der Waals surface area contributed by atoms with Gasteiger partial charge in [-0.3, -0.25) is 4.79 Å². The topological polar surface area (TPSA) is 137 Å². The molecule has 0 radical (unpaired) electrons. The first kappa shape index (κ1) is 26.1. The number of nitrogens with zero attached hydrogens (tertiary/aromatic N) is 1. The van der Waals surface area contributed by atoms with E-state index in [0.717, 1.165) is 8.14 Å². The third kappa shape index (κ3) is 5.93. The lowest BCUT2D eigenvalue weighted by molar-refractivity contribution is -0.120. The number of ether oxygens (including phenoxy) is 1. The van der Waals surface area contributed by atoms with Gasteiger partial charge in [0.1, 0.15) is 30.2 Å². The van der Waals surface area contributed by atoms with Gasteiger partial charge in [0, 0.05) is 9.13 Å². The van der Waals surface area contributed by atoms with Gasteiger partial charge in [0.25, 0.3) is 0 Å². The molecule has 182 valence electrons. The fourth-order valence-corrected chi connectivity index (χ4v) is 4.28. The van der Waals surface area contributed by atoms with Crippen molar-refractivity contribution in [2.24, 2.45) is 5.92 Å². The number of rotatable bonds is 9. The molecule has 3 aromatic rings. The summed E-state index contributed by atoms with van der Waals surface area (Å²) in [7, 11) is 0. The zero-order chi connectivity index (χ0) is 25.0. The number of carbonyl (C=O) groups excluding carboxylic acids is 1. The van der Waals surface area contributed by atoms with Gasteiger partial charge in [0.15, 0.2) is 0 Å². The lowest BCUT2D eigenvalue weighted by Gasteiger charge is -2.22. The quantitative estimate of drug-likeness (QED) is 0.239.